The lowest BCUT2D eigenvalue weighted by molar-refractivity contribution is -0.140. The minimum atomic E-state index is -0.700. The number of carbonyl (C=O) groups is 2. The van der Waals surface area contributed by atoms with Gasteiger partial charge >= 0.3 is 0 Å². The van der Waals surface area contributed by atoms with Gasteiger partial charge in [-0.05, 0) is 59.7 Å². The van der Waals surface area contributed by atoms with Crippen LogP contribution in [0.3, 0.4) is 0 Å². The van der Waals surface area contributed by atoms with E-state index in [1.165, 1.54) is 22.5 Å². The molecule has 1 aliphatic rings. The van der Waals surface area contributed by atoms with Crippen molar-refractivity contribution in [2.24, 2.45) is 0 Å². The highest BCUT2D eigenvalue weighted by atomic mass is 32.1. The Labute approximate surface area is 190 Å². The molecule has 1 unspecified atom stereocenters. The highest BCUT2D eigenvalue weighted by Crippen LogP contribution is 2.43. The number of methoxy groups -OCH3 is 1. The van der Waals surface area contributed by atoms with Gasteiger partial charge in [-0.1, -0.05) is 19.9 Å². The third-order valence-corrected chi connectivity index (χ3v) is 6.64. The van der Waals surface area contributed by atoms with E-state index in [2.05, 4.69) is 0 Å². The van der Waals surface area contributed by atoms with Crippen LogP contribution >= 0.6 is 11.3 Å². The van der Waals surface area contributed by atoms with Crippen LogP contribution in [-0.4, -0.2) is 28.8 Å². The SMILES string of the molecule is COc1cc(C)c(/C(O)=C2\C(=O)C(=O)N(Cc3ccco3)C2c2cccs2)cc1C(C)C. The molecule has 0 bridgehead atoms. The van der Waals surface area contributed by atoms with Crippen LogP contribution in [0.15, 0.2) is 58.0 Å². The summed E-state index contributed by atoms with van der Waals surface area (Å²) < 4.78 is 10.9. The van der Waals surface area contributed by atoms with Crippen LogP contribution in [0.4, 0.5) is 0 Å². The van der Waals surface area contributed by atoms with Crippen LogP contribution in [-0.2, 0) is 16.1 Å². The molecule has 0 radical (unpaired) electrons. The van der Waals surface area contributed by atoms with Crippen molar-refractivity contribution in [2.75, 3.05) is 7.11 Å². The largest absolute Gasteiger partial charge is 0.507 e. The van der Waals surface area contributed by atoms with Gasteiger partial charge in [0.25, 0.3) is 11.7 Å². The van der Waals surface area contributed by atoms with Gasteiger partial charge in [0.15, 0.2) is 0 Å². The summed E-state index contributed by atoms with van der Waals surface area (Å²) in [7, 11) is 1.61. The molecule has 0 spiro atoms. The molecule has 2 aromatic heterocycles. The predicted octanol–water partition coefficient (Wildman–Crippen LogP) is 5.40. The van der Waals surface area contributed by atoms with E-state index < -0.39 is 17.7 Å². The fraction of sp³-hybridized carbons (Fsp3) is 0.280. The number of hydrogen-bond donors (Lipinski definition) is 1. The highest BCUT2D eigenvalue weighted by Gasteiger charge is 2.47. The van der Waals surface area contributed by atoms with Gasteiger partial charge in [0.1, 0.15) is 23.3 Å². The molecule has 3 aromatic rings. The Bertz CT molecular complexity index is 1180. The number of hydrogen-bond acceptors (Lipinski definition) is 6. The molecule has 1 saturated heterocycles. The quantitative estimate of drug-likeness (QED) is 0.308. The number of rotatable bonds is 6. The lowest BCUT2D eigenvalue weighted by Gasteiger charge is -2.23. The molecule has 0 saturated carbocycles. The number of nitrogens with zero attached hydrogens (tertiary/aromatic N) is 1. The summed E-state index contributed by atoms with van der Waals surface area (Å²) in [5.41, 5.74) is 2.28. The number of aliphatic hydroxyl groups excluding tert-OH is 1. The summed E-state index contributed by atoms with van der Waals surface area (Å²) >= 11 is 1.43. The Morgan fingerprint density at radius 2 is 2.03 bits per heavy atom. The zero-order valence-electron chi connectivity index (χ0n) is 18.4. The van der Waals surface area contributed by atoms with Gasteiger partial charge in [0.05, 0.1) is 25.5 Å². The number of thiophene rings is 1. The molecule has 1 fully saturated rings. The zero-order valence-corrected chi connectivity index (χ0v) is 19.2. The standard InChI is InChI=1S/C25H25NO5S/c1-14(2)17-12-18(15(3)11-19(17)30-4)23(27)21-22(20-8-6-10-32-20)26(25(29)24(21)28)13-16-7-5-9-31-16/h5-12,14,22,27H,13H2,1-4H3/b23-21+. The van der Waals surface area contributed by atoms with E-state index >= 15 is 0 Å². The average molecular weight is 452 g/mol. The van der Waals surface area contributed by atoms with Gasteiger partial charge < -0.3 is 19.2 Å². The first-order valence-electron chi connectivity index (χ1n) is 10.4. The Hall–Kier alpha value is -3.32. The van der Waals surface area contributed by atoms with Crippen LogP contribution in [0.5, 0.6) is 5.75 Å². The fourth-order valence-corrected chi connectivity index (χ4v) is 4.93. The highest BCUT2D eigenvalue weighted by molar-refractivity contribution is 7.10. The molecule has 32 heavy (non-hydrogen) atoms. The first-order valence-corrected chi connectivity index (χ1v) is 11.2. The van der Waals surface area contributed by atoms with Crippen LogP contribution in [0.2, 0.25) is 0 Å². The van der Waals surface area contributed by atoms with Crippen LogP contribution in [0.25, 0.3) is 5.76 Å². The molecule has 166 valence electrons. The molecule has 7 heteroatoms. The first-order chi connectivity index (χ1) is 15.3. The van der Waals surface area contributed by atoms with Crippen LogP contribution in [0.1, 0.15) is 53.1 Å². The van der Waals surface area contributed by atoms with Crippen molar-refractivity contribution in [1.82, 2.24) is 4.90 Å². The van der Waals surface area contributed by atoms with Gasteiger partial charge in [-0.15, -0.1) is 11.3 Å². The first kappa shape index (κ1) is 21.9. The van der Waals surface area contributed by atoms with Crippen molar-refractivity contribution in [3.8, 4) is 5.75 Å². The lowest BCUT2D eigenvalue weighted by Crippen LogP contribution is -2.28. The second kappa shape index (κ2) is 8.67. The number of benzene rings is 1. The molecule has 3 heterocycles. The number of likely N-dealkylation sites (tertiary alicyclic amines) is 1. The normalized spacial score (nSPS) is 18.0. The molecule has 1 N–H and O–H groups in total. The second-order valence-electron chi connectivity index (χ2n) is 8.09. The fourth-order valence-electron chi connectivity index (χ4n) is 4.08. The summed E-state index contributed by atoms with van der Waals surface area (Å²) in [6, 6.07) is 10.2. The van der Waals surface area contributed by atoms with E-state index in [4.69, 9.17) is 9.15 Å². The maximum absolute atomic E-state index is 13.2. The molecule has 4 rings (SSSR count). The van der Waals surface area contributed by atoms with Crippen molar-refractivity contribution in [2.45, 2.75) is 39.3 Å². The third-order valence-electron chi connectivity index (χ3n) is 5.71. The molecule has 1 aliphatic heterocycles. The minimum Gasteiger partial charge on any atom is -0.507 e. The summed E-state index contributed by atoms with van der Waals surface area (Å²) in [4.78, 5) is 28.4. The molecule has 1 aromatic carbocycles. The summed E-state index contributed by atoms with van der Waals surface area (Å²) in [6.45, 7) is 6.05. The van der Waals surface area contributed by atoms with Crippen LogP contribution in [0, 0.1) is 6.92 Å². The number of Topliss-reactive ketones (excluding diaryl/α,β-unsaturated/α-hetero) is 1. The van der Waals surface area contributed by atoms with Crippen molar-refractivity contribution in [3.05, 3.63) is 80.9 Å². The summed E-state index contributed by atoms with van der Waals surface area (Å²) in [5, 5.41) is 13.3. The number of amides is 1. The monoisotopic (exact) mass is 451 g/mol. The number of ketones is 1. The smallest absolute Gasteiger partial charge is 0.296 e. The van der Waals surface area contributed by atoms with Gasteiger partial charge in [0.2, 0.25) is 0 Å². The van der Waals surface area contributed by atoms with Crippen molar-refractivity contribution in [1.29, 1.82) is 0 Å². The maximum atomic E-state index is 13.2. The van der Waals surface area contributed by atoms with Gasteiger partial charge in [0, 0.05) is 10.4 Å². The topological polar surface area (TPSA) is 80.0 Å². The molecular formula is C25H25NO5S. The Morgan fingerprint density at radius 3 is 2.62 bits per heavy atom. The molecule has 6 nitrogen and oxygen atoms in total. The minimum absolute atomic E-state index is 0.0898. The van der Waals surface area contributed by atoms with Gasteiger partial charge in [-0.25, -0.2) is 0 Å². The van der Waals surface area contributed by atoms with E-state index in [0.717, 1.165) is 21.8 Å². The van der Waals surface area contributed by atoms with E-state index in [-0.39, 0.29) is 23.8 Å². The molecule has 0 aliphatic carbocycles. The summed E-state index contributed by atoms with van der Waals surface area (Å²) in [5.74, 6) is -0.0963. The number of aliphatic hydroxyl groups is 1. The van der Waals surface area contributed by atoms with E-state index in [9.17, 15) is 14.7 Å². The van der Waals surface area contributed by atoms with E-state index in [1.807, 2.05) is 50.4 Å². The van der Waals surface area contributed by atoms with Crippen molar-refractivity contribution in [3.63, 3.8) is 0 Å². The van der Waals surface area contributed by atoms with Crippen molar-refractivity contribution < 1.29 is 23.8 Å². The Balaban J connectivity index is 1.89. The number of carbonyl (C=O) groups excluding carboxylic acids is 2. The number of ether oxygens (including phenoxy) is 1. The summed E-state index contributed by atoms with van der Waals surface area (Å²) in [6.07, 6.45) is 1.53. The van der Waals surface area contributed by atoms with E-state index in [1.54, 1.807) is 19.2 Å². The van der Waals surface area contributed by atoms with E-state index in [0.29, 0.717) is 11.3 Å². The predicted molar refractivity (Wildman–Crippen MR) is 123 cm³/mol. The lowest BCUT2D eigenvalue weighted by atomic mass is 9.92. The zero-order chi connectivity index (χ0) is 23.0. The maximum Gasteiger partial charge on any atom is 0.296 e. The van der Waals surface area contributed by atoms with Gasteiger partial charge in [-0.2, -0.15) is 0 Å². The Morgan fingerprint density at radius 1 is 1.25 bits per heavy atom. The molecular weight excluding hydrogens is 426 g/mol. The molecule has 1 atom stereocenters. The number of furan rings is 1. The molecule has 1 amide bonds. The third kappa shape index (κ3) is 3.73. The van der Waals surface area contributed by atoms with Crippen LogP contribution < -0.4 is 4.74 Å². The van der Waals surface area contributed by atoms with Crippen molar-refractivity contribution >= 4 is 28.8 Å². The second-order valence-corrected chi connectivity index (χ2v) is 9.06. The number of aryl methyl sites for hydroxylation is 1. The Kier molecular flexibility index (Phi) is 5.93. The average Bonchev–Trinajstić information content (AvgIpc) is 3.52. The van der Waals surface area contributed by atoms with Gasteiger partial charge in [-0.3, -0.25) is 9.59 Å².